The Labute approximate surface area is 206 Å². The average molecular weight is 478 g/mol. The van der Waals surface area contributed by atoms with Gasteiger partial charge < -0.3 is 19.5 Å². The first kappa shape index (κ1) is 25.0. The average Bonchev–Trinajstić information content (AvgIpc) is 2.87. The number of ether oxygens (including phenoxy) is 1. The maximum atomic E-state index is 13.9. The number of pyridine rings is 1. The van der Waals surface area contributed by atoms with Gasteiger partial charge in [-0.3, -0.25) is 14.6 Å². The number of rotatable bonds is 9. The molecular weight excluding hydrogens is 442 g/mol. The molecule has 0 spiro atoms. The van der Waals surface area contributed by atoms with Crippen molar-refractivity contribution in [2.75, 3.05) is 45.9 Å². The van der Waals surface area contributed by atoms with Gasteiger partial charge in [0.1, 0.15) is 11.5 Å². The van der Waals surface area contributed by atoms with E-state index in [1.54, 1.807) is 10.6 Å². The smallest absolute Gasteiger partial charge is 0.259 e. The van der Waals surface area contributed by atoms with Crippen LogP contribution in [-0.4, -0.2) is 70.5 Å². The molecule has 7 heteroatoms. The highest BCUT2D eigenvalue weighted by molar-refractivity contribution is 5.42. The number of hydrogen-bond donors (Lipinski definition) is 2. The zero-order valence-electron chi connectivity index (χ0n) is 20.6. The third-order valence-electron chi connectivity index (χ3n) is 6.67. The molecule has 2 heterocycles. The topological polar surface area (TPSA) is 78.2 Å². The van der Waals surface area contributed by atoms with Crippen molar-refractivity contribution in [3.05, 3.63) is 93.4 Å². The normalized spacial score (nSPS) is 15.7. The van der Waals surface area contributed by atoms with Crippen LogP contribution in [0.3, 0.4) is 0 Å². The van der Waals surface area contributed by atoms with Gasteiger partial charge in [-0.1, -0.05) is 42.5 Å². The lowest BCUT2D eigenvalue weighted by molar-refractivity contribution is 0.0932. The van der Waals surface area contributed by atoms with Crippen molar-refractivity contribution in [2.45, 2.75) is 26.4 Å². The molecule has 0 saturated carbocycles. The van der Waals surface area contributed by atoms with Crippen LogP contribution in [0.2, 0.25) is 0 Å². The Hall–Kier alpha value is -3.13. The van der Waals surface area contributed by atoms with Gasteiger partial charge in [-0.2, -0.15) is 0 Å². The molecule has 35 heavy (non-hydrogen) atoms. The summed E-state index contributed by atoms with van der Waals surface area (Å²) in [6.07, 6.45) is 0. The fourth-order valence-corrected chi connectivity index (χ4v) is 4.85. The van der Waals surface area contributed by atoms with Crippen molar-refractivity contribution in [3.8, 4) is 11.5 Å². The molecule has 1 aromatic heterocycles. The van der Waals surface area contributed by atoms with Gasteiger partial charge in [-0.25, -0.2) is 0 Å². The summed E-state index contributed by atoms with van der Waals surface area (Å²) in [5.41, 5.74) is 2.91. The second-order valence-electron chi connectivity index (χ2n) is 8.97. The van der Waals surface area contributed by atoms with E-state index >= 15 is 0 Å². The van der Waals surface area contributed by atoms with Gasteiger partial charge in [-0.15, -0.1) is 0 Å². The molecule has 1 aliphatic heterocycles. The lowest BCUT2D eigenvalue weighted by atomic mass is 9.95. The number of aryl methyl sites for hydroxylation is 1. The monoisotopic (exact) mass is 477 g/mol. The maximum absolute atomic E-state index is 13.9. The summed E-state index contributed by atoms with van der Waals surface area (Å²) in [6, 6.07) is 19.0. The van der Waals surface area contributed by atoms with E-state index in [0.29, 0.717) is 25.3 Å². The van der Waals surface area contributed by atoms with E-state index in [2.05, 4.69) is 9.80 Å². The number of hydrogen-bond acceptors (Lipinski definition) is 6. The largest absolute Gasteiger partial charge is 0.507 e. The number of benzene rings is 2. The van der Waals surface area contributed by atoms with E-state index in [9.17, 15) is 15.0 Å². The van der Waals surface area contributed by atoms with Crippen LogP contribution in [0.1, 0.15) is 35.3 Å². The molecule has 7 nitrogen and oxygen atoms in total. The standard InChI is InChI=1S/C28H35N3O4/c1-3-35-24-11-9-23(10-12-24)27(30-15-13-29(14-16-30)17-18-32)26-25(33)19-21(2)31(28(26)34)20-22-7-5-4-6-8-22/h4-12,19,27,32-33H,3,13-18,20H2,1-2H3/t27-/m0/s1. The minimum Gasteiger partial charge on any atom is -0.507 e. The van der Waals surface area contributed by atoms with Gasteiger partial charge in [0, 0.05) is 38.4 Å². The first-order valence-corrected chi connectivity index (χ1v) is 12.3. The number of β-amino-alcohol motifs (C(OH)–C–C–N with tert-alkyl or cyclic N) is 1. The second-order valence-corrected chi connectivity index (χ2v) is 8.97. The van der Waals surface area contributed by atoms with Crippen LogP contribution in [0.4, 0.5) is 0 Å². The Balaban J connectivity index is 1.76. The molecule has 1 aliphatic rings. The summed E-state index contributed by atoms with van der Waals surface area (Å²) in [6.45, 7) is 8.63. The highest BCUT2D eigenvalue weighted by Crippen LogP contribution is 2.34. The molecule has 4 rings (SSSR count). The minimum absolute atomic E-state index is 0.0217. The lowest BCUT2D eigenvalue weighted by Crippen LogP contribution is -2.49. The van der Waals surface area contributed by atoms with E-state index in [0.717, 1.165) is 48.7 Å². The zero-order valence-corrected chi connectivity index (χ0v) is 20.6. The van der Waals surface area contributed by atoms with E-state index < -0.39 is 6.04 Å². The Kier molecular flexibility index (Phi) is 8.23. The summed E-state index contributed by atoms with van der Waals surface area (Å²) < 4.78 is 7.37. The van der Waals surface area contributed by atoms with Crippen molar-refractivity contribution >= 4 is 0 Å². The predicted molar refractivity (Wildman–Crippen MR) is 137 cm³/mol. The molecule has 1 fully saturated rings. The minimum atomic E-state index is -0.392. The van der Waals surface area contributed by atoms with Crippen LogP contribution in [0, 0.1) is 6.92 Å². The zero-order chi connectivity index (χ0) is 24.8. The molecule has 0 bridgehead atoms. The van der Waals surface area contributed by atoms with Gasteiger partial charge in [0.2, 0.25) is 0 Å². The van der Waals surface area contributed by atoms with Crippen molar-refractivity contribution in [1.82, 2.24) is 14.4 Å². The lowest BCUT2D eigenvalue weighted by Gasteiger charge is -2.39. The quantitative estimate of drug-likeness (QED) is 0.493. The summed E-state index contributed by atoms with van der Waals surface area (Å²) in [5, 5.41) is 20.4. The van der Waals surface area contributed by atoms with E-state index in [4.69, 9.17) is 4.74 Å². The SMILES string of the molecule is CCOc1ccc([C@@H](c2c(O)cc(C)n(Cc3ccccc3)c2=O)N2CCN(CCO)CC2)cc1. The molecule has 186 valence electrons. The van der Waals surface area contributed by atoms with Gasteiger partial charge in [0.15, 0.2) is 0 Å². The van der Waals surface area contributed by atoms with Crippen LogP contribution in [0.15, 0.2) is 65.5 Å². The summed E-state index contributed by atoms with van der Waals surface area (Å²) in [4.78, 5) is 18.4. The van der Waals surface area contributed by atoms with Crippen molar-refractivity contribution in [3.63, 3.8) is 0 Å². The number of aromatic nitrogens is 1. The predicted octanol–water partition coefficient (Wildman–Crippen LogP) is 3.01. The van der Waals surface area contributed by atoms with Gasteiger partial charge in [0.05, 0.1) is 31.4 Å². The highest BCUT2D eigenvalue weighted by atomic mass is 16.5. The van der Waals surface area contributed by atoms with Crippen LogP contribution in [0.25, 0.3) is 0 Å². The van der Waals surface area contributed by atoms with Crippen molar-refractivity contribution in [2.24, 2.45) is 0 Å². The number of nitrogens with zero attached hydrogens (tertiary/aromatic N) is 3. The third-order valence-corrected chi connectivity index (χ3v) is 6.67. The molecule has 2 aromatic carbocycles. The molecule has 0 amide bonds. The first-order valence-electron chi connectivity index (χ1n) is 12.3. The Morgan fingerprint density at radius 1 is 1.00 bits per heavy atom. The number of aliphatic hydroxyl groups is 1. The molecular formula is C28H35N3O4. The Morgan fingerprint density at radius 2 is 1.69 bits per heavy atom. The van der Waals surface area contributed by atoms with Gasteiger partial charge in [-0.05, 0) is 43.2 Å². The molecule has 1 atom stereocenters. The highest BCUT2D eigenvalue weighted by Gasteiger charge is 2.31. The molecule has 3 aromatic rings. The summed E-state index contributed by atoms with van der Waals surface area (Å²) in [7, 11) is 0. The maximum Gasteiger partial charge on any atom is 0.259 e. The van der Waals surface area contributed by atoms with E-state index in [-0.39, 0.29) is 17.9 Å². The fraction of sp³-hybridized carbons (Fsp3) is 0.393. The Bertz CT molecular complexity index is 1150. The molecule has 0 unspecified atom stereocenters. The van der Waals surface area contributed by atoms with Crippen LogP contribution >= 0.6 is 0 Å². The molecule has 1 saturated heterocycles. The first-order chi connectivity index (χ1) is 17.0. The molecule has 0 aliphatic carbocycles. The summed E-state index contributed by atoms with van der Waals surface area (Å²) >= 11 is 0. The van der Waals surface area contributed by atoms with Crippen LogP contribution < -0.4 is 10.3 Å². The summed E-state index contributed by atoms with van der Waals surface area (Å²) in [5.74, 6) is 0.797. The van der Waals surface area contributed by atoms with E-state index in [1.165, 1.54) is 0 Å². The van der Waals surface area contributed by atoms with Gasteiger partial charge >= 0.3 is 0 Å². The van der Waals surface area contributed by atoms with Crippen molar-refractivity contribution in [1.29, 1.82) is 0 Å². The Morgan fingerprint density at radius 3 is 2.31 bits per heavy atom. The van der Waals surface area contributed by atoms with Crippen LogP contribution in [-0.2, 0) is 6.54 Å². The molecule has 2 N–H and O–H groups in total. The van der Waals surface area contributed by atoms with E-state index in [1.807, 2.05) is 68.4 Å². The van der Waals surface area contributed by atoms with Crippen molar-refractivity contribution < 1.29 is 14.9 Å². The number of piperazine rings is 1. The van der Waals surface area contributed by atoms with Crippen LogP contribution in [0.5, 0.6) is 11.5 Å². The van der Waals surface area contributed by atoms with Gasteiger partial charge in [0.25, 0.3) is 5.56 Å². The number of aromatic hydroxyl groups is 1. The third kappa shape index (κ3) is 5.75. The fourth-order valence-electron chi connectivity index (χ4n) is 4.85. The number of aliphatic hydroxyl groups excluding tert-OH is 1. The molecule has 0 radical (unpaired) electrons. The second kappa shape index (κ2) is 11.5.